The van der Waals surface area contributed by atoms with Crippen LogP contribution in [0.2, 0.25) is 0 Å². The SMILES string of the molecule is OC1CCc2cc(OCc3ccc4c(c3)CCC4)ccc21. The molecule has 0 aliphatic heterocycles. The van der Waals surface area contributed by atoms with Crippen LogP contribution in [0.4, 0.5) is 0 Å². The lowest BCUT2D eigenvalue weighted by molar-refractivity contribution is 0.180. The summed E-state index contributed by atoms with van der Waals surface area (Å²) in [5.41, 5.74) is 6.54. The second-order valence-electron chi connectivity index (χ2n) is 6.16. The molecule has 108 valence electrons. The zero-order chi connectivity index (χ0) is 14.2. The molecular formula is C19H20O2. The number of benzene rings is 2. The van der Waals surface area contributed by atoms with Crippen molar-refractivity contribution in [1.82, 2.24) is 0 Å². The summed E-state index contributed by atoms with van der Waals surface area (Å²) in [7, 11) is 0. The Morgan fingerprint density at radius 3 is 2.81 bits per heavy atom. The molecule has 0 bridgehead atoms. The summed E-state index contributed by atoms with van der Waals surface area (Å²) in [6.07, 6.45) is 5.22. The van der Waals surface area contributed by atoms with Crippen molar-refractivity contribution in [3.8, 4) is 5.75 Å². The third kappa shape index (κ3) is 2.44. The van der Waals surface area contributed by atoms with Crippen molar-refractivity contribution in [3.63, 3.8) is 0 Å². The molecule has 1 N–H and O–H groups in total. The topological polar surface area (TPSA) is 29.5 Å². The zero-order valence-corrected chi connectivity index (χ0v) is 12.1. The first-order chi connectivity index (χ1) is 10.3. The maximum Gasteiger partial charge on any atom is 0.120 e. The summed E-state index contributed by atoms with van der Waals surface area (Å²) in [5.74, 6) is 0.906. The number of aliphatic hydroxyl groups is 1. The third-order valence-electron chi connectivity index (χ3n) is 4.73. The van der Waals surface area contributed by atoms with Crippen LogP contribution in [0.1, 0.15) is 46.8 Å². The summed E-state index contributed by atoms with van der Waals surface area (Å²) >= 11 is 0. The molecule has 1 atom stereocenters. The van der Waals surface area contributed by atoms with Crippen molar-refractivity contribution in [2.24, 2.45) is 0 Å². The van der Waals surface area contributed by atoms with Gasteiger partial charge in [-0.15, -0.1) is 0 Å². The molecule has 0 spiro atoms. The van der Waals surface area contributed by atoms with E-state index in [1.165, 1.54) is 41.5 Å². The van der Waals surface area contributed by atoms with Gasteiger partial charge < -0.3 is 9.84 Å². The van der Waals surface area contributed by atoms with Crippen LogP contribution in [-0.4, -0.2) is 5.11 Å². The Morgan fingerprint density at radius 1 is 0.952 bits per heavy atom. The van der Waals surface area contributed by atoms with E-state index in [4.69, 9.17) is 4.74 Å². The van der Waals surface area contributed by atoms with E-state index in [0.717, 1.165) is 24.2 Å². The van der Waals surface area contributed by atoms with Crippen LogP contribution >= 0.6 is 0 Å². The van der Waals surface area contributed by atoms with Crippen molar-refractivity contribution in [1.29, 1.82) is 0 Å². The quantitative estimate of drug-likeness (QED) is 0.928. The van der Waals surface area contributed by atoms with Crippen molar-refractivity contribution in [3.05, 3.63) is 64.2 Å². The average Bonchev–Trinajstić information content (AvgIpc) is 3.11. The molecule has 0 saturated carbocycles. The highest BCUT2D eigenvalue weighted by atomic mass is 16.5. The summed E-state index contributed by atoms with van der Waals surface area (Å²) in [5, 5.41) is 9.83. The normalized spacial score (nSPS) is 19.4. The second-order valence-corrected chi connectivity index (χ2v) is 6.16. The van der Waals surface area contributed by atoms with Crippen LogP contribution in [-0.2, 0) is 25.9 Å². The highest BCUT2D eigenvalue weighted by Gasteiger charge is 2.20. The number of rotatable bonds is 3. The number of fused-ring (bicyclic) bond motifs is 2. The van der Waals surface area contributed by atoms with Gasteiger partial charge in [0.2, 0.25) is 0 Å². The van der Waals surface area contributed by atoms with E-state index in [-0.39, 0.29) is 6.10 Å². The van der Waals surface area contributed by atoms with Crippen LogP contribution in [0, 0.1) is 0 Å². The fourth-order valence-corrected chi connectivity index (χ4v) is 3.54. The lowest BCUT2D eigenvalue weighted by Crippen LogP contribution is -1.98. The standard InChI is InChI=1S/C19H20O2/c20-19-9-6-16-11-17(7-8-18(16)19)21-12-13-4-5-14-2-1-3-15(14)10-13/h4-5,7-8,10-11,19-20H,1-3,6,9,12H2. The van der Waals surface area contributed by atoms with Crippen molar-refractivity contribution in [2.45, 2.75) is 44.8 Å². The van der Waals surface area contributed by atoms with Gasteiger partial charge >= 0.3 is 0 Å². The zero-order valence-electron chi connectivity index (χ0n) is 12.1. The number of hydrogen-bond donors (Lipinski definition) is 1. The molecule has 21 heavy (non-hydrogen) atoms. The Labute approximate surface area is 125 Å². The van der Waals surface area contributed by atoms with Gasteiger partial charge in [0.1, 0.15) is 12.4 Å². The van der Waals surface area contributed by atoms with Crippen LogP contribution < -0.4 is 4.74 Å². The molecule has 2 aromatic rings. The summed E-state index contributed by atoms with van der Waals surface area (Å²) in [6, 6.07) is 12.8. The van der Waals surface area contributed by atoms with E-state index in [9.17, 15) is 5.11 Å². The summed E-state index contributed by atoms with van der Waals surface area (Å²) in [6.45, 7) is 0.620. The molecule has 2 nitrogen and oxygen atoms in total. The Hall–Kier alpha value is -1.80. The highest BCUT2D eigenvalue weighted by Crippen LogP contribution is 2.33. The molecule has 0 radical (unpaired) electrons. The van der Waals surface area contributed by atoms with Gasteiger partial charge in [0.05, 0.1) is 6.10 Å². The smallest absolute Gasteiger partial charge is 0.120 e. The van der Waals surface area contributed by atoms with E-state index in [0.29, 0.717) is 6.61 Å². The Kier molecular flexibility index (Phi) is 3.19. The predicted octanol–water partition coefficient (Wildman–Crippen LogP) is 3.73. The molecule has 1 unspecified atom stereocenters. The molecule has 2 aromatic carbocycles. The average molecular weight is 280 g/mol. The number of ether oxygens (including phenoxy) is 1. The lowest BCUT2D eigenvalue weighted by Gasteiger charge is -2.10. The van der Waals surface area contributed by atoms with Crippen molar-refractivity contribution < 1.29 is 9.84 Å². The maximum absolute atomic E-state index is 9.83. The fourth-order valence-electron chi connectivity index (χ4n) is 3.54. The molecular weight excluding hydrogens is 260 g/mol. The summed E-state index contributed by atoms with van der Waals surface area (Å²) in [4.78, 5) is 0. The number of hydrogen-bond acceptors (Lipinski definition) is 2. The molecule has 0 amide bonds. The first-order valence-corrected chi connectivity index (χ1v) is 7.84. The predicted molar refractivity (Wildman–Crippen MR) is 82.5 cm³/mol. The second kappa shape index (κ2) is 5.19. The number of aliphatic hydroxyl groups excluding tert-OH is 1. The Balaban J connectivity index is 1.47. The fraction of sp³-hybridized carbons (Fsp3) is 0.368. The van der Waals surface area contributed by atoms with Crippen LogP contribution in [0.3, 0.4) is 0 Å². The minimum atomic E-state index is -0.286. The van der Waals surface area contributed by atoms with E-state index in [1.54, 1.807) is 0 Å². The molecule has 0 fully saturated rings. The largest absolute Gasteiger partial charge is 0.489 e. The third-order valence-corrected chi connectivity index (χ3v) is 4.73. The minimum absolute atomic E-state index is 0.286. The maximum atomic E-state index is 9.83. The van der Waals surface area contributed by atoms with E-state index in [2.05, 4.69) is 24.3 Å². The first-order valence-electron chi connectivity index (χ1n) is 7.84. The van der Waals surface area contributed by atoms with E-state index in [1.807, 2.05) is 12.1 Å². The molecule has 0 heterocycles. The minimum Gasteiger partial charge on any atom is -0.489 e. The van der Waals surface area contributed by atoms with Gasteiger partial charge in [0, 0.05) is 0 Å². The van der Waals surface area contributed by atoms with Gasteiger partial charge in [0.15, 0.2) is 0 Å². The van der Waals surface area contributed by atoms with Crippen LogP contribution in [0.25, 0.3) is 0 Å². The monoisotopic (exact) mass is 280 g/mol. The van der Waals surface area contributed by atoms with E-state index >= 15 is 0 Å². The molecule has 4 rings (SSSR count). The highest BCUT2D eigenvalue weighted by molar-refractivity contribution is 5.40. The van der Waals surface area contributed by atoms with Crippen LogP contribution in [0.5, 0.6) is 5.75 Å². The van der Waals surface area contributed by atoms with E-state index < -0.39 is 0 Å². The van der Waals surface area contributed by atoms with Gasteiger partial charge in [0.25, 0.3) is 0 Å². The molecule has 2 aliphatic carbocycles. The Bertz CT molecular complexity index is 675. The van der Waals surface area contributed by atoms with Crippen molar-refractivity contribution in [2.75, 3.05) is 0 Å². The Morgan fingerprint density at radius 2 is 1.86 bits per heavy atom. The first kappa shape index (κ1) is 12.9. The molecule has 0 aromatic heterocycles. The summed E-state index contributed by atoms with van der Waals surface area (Å²) < 4.78 is 5.93. The van der Waals surface area contributed by atoms with Gasteiger partial charge in [-0.2, -0.15) is 0 Å². The van der Waals surface area contributed by atoms with Gasteiger partial charge in [-0.05, 0) is 72.1 Å². The van der Waals surface area contributed by atoms with Gasteiger partial charge in [-0.3, -0.25) is 0 Å². The molecule has 2 heteroatoms. The molecule has 2 aliphatic rings. The number of aryl methyl sites for hydroxylation is 3. The van der Waals surface area contributed by atoms with Gasteiger partial charge in [-0.25, -0.2) is 0 Å². The van der Waals surface area contributed by atoms with Crippen molar-refractivity contribution >= 4 is 0 Å². The lowest BCUT2D eigenvalue weighted by atomic mass is 10.1. The van der Waals surface area contributed by atoms with Gasteiger partial charge in [-0.1, -0.05) is 24.3 Å². The van der Waals surface area contributed by atoms with Crippen LogP contribution in [0.15, 0.2) is 36.4 Å². The molecule has 0 saturated heterocycles.